The second-order valence-electron chi connectivity index (χ2n) is 7.02. The maximum absolute atomic E-state index is 16.0. The molecule has 1 aliphatic rings. The third-order valence-electron chi connectivity index (χ3n) is 5.37. The molecule has 0 spiro atoms. The summed E-state index contributed by atoms with van der Waals surface area (Å²) in [6, 6.07) is 13.9. The van der Waals surface area contributed by atoms with Gasteiger partial charge < -0.3 is 9.84 Å². The van der Waals surface area contributed by atoms with Crippen LogP contribution in [0.15, 0.2) is 53.0 Å². The zero-order valence-electron chi connectivity index (χ0n) is 16.5. The average Bonchev–Trinajstić information content (AvgIpc) is 3.06. The molecule has 2 amide bonds. The number of hydrogen-bond acceptors (Lipinski definition) is 5. The van der Waals surface area contributed by atoms with E-state index in [0.717, 1.165) is 27.6 Å². The summed E-state index contributed by atoms with van der Waals surface area (Å²) in [5.74, 6) is -4.47. The Kier molecular flexibility index (Phi) is 6.38. The van der Waals surface area contributed by atoms with E-state index in [-0.39, 0.29) is 12.1 Å². The number of esters is 1. The van der Waals surface area contributed by atoms with E-state index >= 15 is 4.39 Å². The van der Waals surface area contributed by atoms with Crippen molar-refractivity contribution < 1.29 is 28.6 Å². The van der Waals surface area contributed by atoms with Crippen LogP contribution >= 0.6 is 15.9 Å². The number of aliphatic hydroxyl groups excluding tert-OH is 1. The van der Waals surface area contributed by atoms with Crippen molar-refractivity contribution in [1.82, 2.24) is 4.90 Å². The van der Waals surface area contributed by atoms with Crippen molar-refractivity contribution in [1.29, 1.82) is 0 Å². The number of rotatable bonds is 6. The molecule has 30 heavy (non-hydrogen) atoms. The molecule has 3 rings (SSSR count). The van der Waals surface area contributed by atoms with Crippen LogP contribution in [-0.2, 0) is 19.1 Å². The molecular weight excluding hydrogens is 457 g/mol. The van der Waals surface area contributed by atoms with Crippen LogP contribution in [0.2, 0.25) is 0 Å². The van der Waals surface area contributed by atoms with Gasteiger partial charge in [-0.1, -0.05) is 52.3 Å². The van der Waals surface area contributed by atoms with Crippen molar-refractivity contribution in [3.8, 4) is 11.1 Å². The predicted molar refractivity (Wildman–Crippen MR) is 111 cm³/mol. The van der Waals surface area contributed by atoms with Gasteiger partial charge in [0.25, 0.3) is 0 Å². The first-order valence-electron chi connectivity index (χ1n) is 9.39. The van der Waals surface area contributed by atoms with Crippen molar-refractivity contribution in [3.63, 3.8) is 0 Å². The van der Waals surface area contributed by atoms with E-state index in [2.05, 4.69) is 20.7 Å². The van der Waals surface area contributed by atoms with Crippen LogP contribution in [0.3, 0.4) is 0 Å². The minimum atomic E-state index is -3.09. The van der Waals surface area contributed by atoms with Gasteiger partial charge in [-0.2, -0.15) is 0 Å². The highest BCUT2D eigenvalue weighted by molar-refractivity contribution is 9.10. The molecule has 6 nitrogen and oxygen atoms in total. The molecular formula is C22H21BrFNO5. The van der Waals surface area contributed by atoms with Gasteiger partial charge in [0.2, 0.25) is 17.5 Å². The highest BCUT2D eigenvalue weighted by Gasteiger charge is 2.61. The number of hydrogen-bond donors (Lipinski definition) is 1. The number of carbonyl (C=O) groups excluding carboxylic acids is 3. The van der Waals surface area contributed by atoms with Crippen molar-refractivity contribution in [2.75, 3.05) is 13.7 Å². The quantitative estimate of drug-likeness (QED) is 0.508. The number of alkyl halides is 1. The molecule has 0 saturated carbocycles. The van der Waals surface area contributed by atoms with E-state index in [0.29, 0.717) is 0 Å². The summed E-state index contributed by atoms with van der Waals surface area (Å²) in [6.07, 6.45) is -2.49. The molecule has 8 heteroatoms. The summed E-state index contributed by atoms with van der Waals surface area (Å²) in [4.78, 5) is 37.9. The monoisotopic (exact) mass is 477 g/mol. The van der Waals surface area contributed by atoms with E-state index in [9.17, 15) is 19.5 Å². The molecule has 1 N–H and O–H groups in total. The number of methoxy groups -OCH3 is 1. The molecule has 2 aromatic rings. The van der Waals surface area contributed by atoms with Gasteiger partial charge in [-0.25, -0.2) is 9.18 Å². The predicted octanol–water partition coefficient (Wildman–Crippen LogP) is 3.43. The molecule has 0 aromatic heterocycles. The van der Waals surface area contributed by atoms with Crippen molar-refractivity contribution in [3.05, 3.63) is 58.6 Å². The van der Waals surface area contributed by atoms with Gasteiger partial charge in [-0.15, -0.1) is 0 Å². The van der Waals surface area contributed by atoms with Gasteiger partial charge in [0.1, 0.15) is 6.10 Å². The molecule has 1 saturated heterocycles. The molecule has 3 atom stereocenters. The van der Waals surface area contributed by atoms with Gasteiger partial charge >= 0.3 is 5.97 Å². The Morgan fingerprint density at radius 2 is 1.73 bits per heavy atom. The topological polar surface area (TPSA) is 83.9 Å². The number of imide groups is 1. The normalized spacial score (nSPS) is 19.5. The van der Waals surface area contributed by atoms with Crippen LogP contribution in [-0.4, -0.2) is 47.1 Å². The first-order valence-corrected chi connectivity index (χ1v) is 10.2. The van der Waals surface area contributed by atoms with Crippen molar-refractivity contribution in [2.24, 2.45) is 5.92 Å². The number of nitrogens with zero attached hydrogens (tertiary/aromatic N) is 1. The largest absolute Gasteiger partial charge is 0.467 e. The van der Waals surface area contributed by atoms with Gasteiger partial charge in [0, 0.05) is 17.4 Å². The second-order valence-corrected chi connectivity index (χ2v) is 7.94. The summed E-state index contributed by atoms with van der Waals surface area (Å²) in [7, 11) is 0.971. The molecule has 2 aromatic carbocycles. The van der Waals surface area contributed by atoms with E-state index in [1.54, 1.807) is 19.1 Å². The van der Waals surface area contributed by atoms with Gasteiger partial charge in [-0.3, -0.25) is 14.5 Å². The van der Waals surface area contributed by atoms with Crippen LogP contribution in [0, 0.1) is 5.92 Å². The van der Waals surface area contributed by atoms with Crippen LogP contribution in [0.5, 0.6) is 0 Å². The van der Waals surface area contributed by atoms with Crippen LogP contribution < -0.4 is 0 Å². The number of halogens is 2. The first kappa shape index (κ1) is 22.1. The van der Waals surface area contributed by atoms with Crippen LogP contribution in [0.4, 0.5) is 4.39 Å². The molecule has 1 unspecified atom stereocenters. The SMILES string of the molecule is CCN1C(=O)CC([C@@](F)(C(=O)OC)[C@H](O)c2ccc(-c3ccc(Br)cc3)cc2)C1=O. The fourth-order valence-electron chi connectivity index (χ4n) is 3.69. The lowest BCUT2D eigenvalue weighted by Crippen LogP contribution is -2.50. The Morgan fingerprint density at radius 3 is 2.20 bits per heavy atom. The lowest BCUT2D eigenvalue weighted by molar-refractivity contribution is -0.174. The Balaban J connectivity index is 1.95. The van der Waals surface area contributed by atoms with Crippen LogP contribution in [0.1, 0.15) is 25.0 Å². The molecule has 1 aliphatic heterocycles. The fourth-order valence-corrected chi connectivity index (χ4v) is 3.95. The van der Waals surface area contributed by atoms with Gasteiger partial charge in [0.15, 0.2) is 0 Å². The Morgan fingerprint density at radius 1 is 1.20 bits per heavy atom. The van der Waals surface area contributed by atoms with Crippen molar-refractivity contribution in [2.45, 2.75) is 25.1 Å². The standard InChI is InChI=1S/C22H21BrFNO5/c1-3-25-18(26)12-17(20(25)28)22(24,21(29)30-2)19(27)15-6-4-13(5-7-15)14-8-10-16(23)11-9-14/h4-11,17,19,27H,3,12H2,1-2H3/t17?,19-,22+/m1/s1. The summed E-state index contributed by atoms with van der Waals surface area (Å²) < 4.78 is 21.5. The Bertz CT molecular complexity index is 962. The molecule has 0 bridgehead atoms. The first-order chi connectivity index (χ1) is 14.2. The summed E-state index contributed by atoms with van der Waals surface area (Å²) in [5, 5.41) is 10.8. The van der Waals surface area contributed by atoms with Gasteiger partial charge in [0.05, 0.1) is 13.0 Å². The van der Waals surface area contributed by atoms with E-state index in [1.165, 1.54) is 12.1 Å². The number of aliphatic hydroxyl groups is 1. The van der Waals surface area contributed by atoms with E-state index in [1.807, 2.05) is 24.3 Å². The minimum Gasteiger partial charge on any atom is -0.467 e. The minimum absolute atomic E-state index is 0.0589. The Labute approximate surface area is 181 Å². The van der Waals surface area contributed by atoms with E-state index < -0.39 is 41.9 Å². The zero-order chi connectivity index (χ0) is 22.1. The molecule has 1 fully saturated rings. The molecule has 0 aliphatic carbocycles. The number of ether oxygens (including phenoxy) is 1. The summed E-state index contributed by atoms with van der Waals surface area (Å²) >= 11 is 3.37. The van der Waals surface area contributed by atoms with Crippen molar-refractivity contribution >= 4 is 33.7 Å². The van der Waals surface area contributed by atoms with E-state index in [4.69, 9.17) is 0 Å². The molecule has 1 heterocycles. The zero-order valence-corrected chi connectivity index (χ0v) is 18.1. The Hall–Kier alpha value is -2.58. The fraction of sp³-hybridized carbons (Fsp3) is 0.318. The van der Waals surface area contributed by atoms with Gasteiger partial charge in [-0.05, 0) is 35.7 Å². The second kappa shape index (κ2) is 8.65. The maximum Gasteiger partial charge on any atom is 0.347 e. The lowest BCUT2D eigenvalue weighted by atomic mass is 9.80. The third kappa shape index (κ3) is 3.77. The number of likely N-dealkylation sites (tertiary alicyclic amines) is 1. The highest BCUT2D eigenvalue weighted by atomic mass is 79.9. The van der Waals surface area contributed by atoms with Crippen LogP contribution in [0.25, 0.3) is 11.1 Å². The summed E-state index contributed by atoms with van der Waals surface area (Å²) in [5.41, 5.74) is -1.26. The molecule has 158 valence electrons. The highest BCUT2D eigenvalue weighted by Crippen LogP contribution is 2.43. The maximum atomic E-state index is 16.0. The smallest absolute Gasteiger partial charge is 0.347 e. The lowest BCUT2D eigenvalue weighted by Gasteiger charge is -2.31. The number of carbonyl (C=O) groups is 3. The third-order valence-corrected chi connectivity index (χ3v) is 5.90. The summed E-state index contributed by atoms with van der Waals surface area (Å²) in [6.45, 7) is 1.64. The average molecular weight is 478 g/mol. The number of benzene rings is 2. The molecule has 0 radical (unpaired) electrons. The number of amides is 2.